The molecule has 24 heavy (non-hydrogen) atoms. The van der Waals surface area contributed by atoms with E-state index in [1.807, 2.05) is 20.8 Å². The minimum Gasteiger partial charge on any atom is -0.302 e. The van der Waals surface area contributed by atoms with Crippen LogP contribution in [0, 0.1) is 5.41 Å². The number of likely N-dealkylation sites (N-methyl/N-ethyl adjacent to an activating group) is 1. The maximum Gasteiger partial charge on any atom is 0.305 e. The molecule has 0 aromatic carbocycles. The van der Waals surface area contributed by atoms with Crippen molar-refractivity contribution >= 4 is 28.7 Å². The summed E-state index contributed by atoms with van der Waals surface area (Å²) in [6.45, 7) is 9.23. The average molecular weight is 356 g/mol. The van der Waals surface area contributed by atoms with Gasteiger partial charge in [0.15, 0.2) is 5.12 Å². The summed E-state index contributed by atoms with van der Waals surface area (Å²) < 4.78 is 5.15. The second kappa shape index (κ2) is 7.98. The highest BCUT2D eigenvalue weighted by Crippen LogP contribution is 2.23. The Morgan fingerprint density at radius 3 is 2.62 bits per heavy atom. The molecule has 0 aliphatic carbocycles. The molecule has 1 amide bonds. The molecule has 0 atom stereocenters. The van der Waals surface area contributed by atoms with Gasteiger partial charge < -0.3 is 4.90 Å². The van der Waals surface area contributed by atoms with Crippen molar-refractivity contribution in [2.24, 2.45) is 5.41 Å². The molecule has 1 N–H and O–H groups in total. The number of amides is 1. The van der Waals surface area contributed by atoms with Gasteiger partial charge in [0.25, 0.3) is 6.20 Å². The zero-order valence-electron chi connectivity index (χ0n) is 14.7. The van der Waals surface area contributed by atoms with Crippen molar-refractivity contribution in [2.75, 3.05) is 49.3 Å². The lowest BCUT2D eigenvalue weighted by atomic mass is 10.00. The summed E-state index contributed by atoms with van der Waals surface area (Å²) in [6, 6.07) is 0. The molecule has 0 unspecified atom stereocenters. The van der Waals surface area contributed by atoms with E-state index in [4.69, 9.17) is 4.52 Å². The third-order valence-corrected chi connectivity index (χ3v) is 4.95. The van der Waals surface area contributed by atoms with Gasteiger partial charge in [-0.25, -0.2) is 0 Å². The van der Waals surface area contributed by atoms with Gasteiger partial charge in [0.1, 0.15) is 0 Å². The minimum absolute atomic E-state index is 0.0860. The first-order valence-electron chi connectivity index (χ1n) is 8.05. The van der Waals surface area contributed by atoms with Crippen LogP contribution in [0.15, 0.2) is 10.7 Å². The SMILES string of the molecule is CN1CCN([n+]2cc(NC(=O)CCSC(=O)C(C)(C)C)on2)CC1. The van der Waals surface area contributed by atoms with Crippen molar-refractivity contribution in [2.45, 2.75) is 27.2 Å². The molecule has 1 saturated heterocycles. The van der Waals surface area contributed by atoms with E-state index in [2.05, 4.69) is 27.5 Å². The van der Waals surface area contributed by atoms with Crippen LogP contribution in [0.3, 0.4) is 0 Å². The molecule has 8 nitrogen and oxygen atoms in total. The molecule has 1 aliphatic heterocycles. The van der Waals surface area contributed by atoms with Gasteiger partial charge in [-0.15, -0.1) is 0 Å². The van der Waals surface area contributed by atoms with Crippen molar-refractivity contribution in [3.63, 3.8) is 0 Å². The monoisotopic (exact) mass is 356 g/mol. The molecular weight excluding hydrogens is 330 g/mol. The molecule has 0 saturated carbocycles. The number of rotatable bonds is 5. The maximum atomic E-state index is 11.9. The van der Waals surface area contributed by atoms with E-state index in [1.165, 1.54) is 11.8 Å². The quantitative estimate of drug-likeness (QED) is 0.768. The zero-order valence-corrected chi connectivity index (χ0v) is 15.6. The van der Waals surface area contributed by atoms with Gasteiger partial charge in [-0.05, 0) is 7.05 Å². The number of carbonyl (C=O) groups is 2. The maximum absolute atomic E-state index is 11.9. The van der Waals surface area contributed by atoms with Crippen LogP contribution in [0.1, 0.15) is 27.2 Å². The van der Waals surface area contributed by atoms with Crippen molar-refractivity contribution in [3.8, 4) is 0 Å². The number of hydrogen-bond acceptors (Lipinski definition) is 7. The van der Waals surface area contributed by atoms with Crippen LogP contribution in [0.5, 0.6) is 0 Å². The Morgan fingerprint density at radius 1 is 1.33 bits per heavy atom. The van der Waals surface area contributed by atoms with Crippen LogP contribution in [-0.4, -0.2) is 60.2 Å². The third-order valence-electron chi connectivity index (χ3n) is 3.66. The zero-order chi connectivity index (χ0) is 17.7. The van der Waals surface area contributed by atoms with Crippen LogP contribution in [0.4, 0.5) is 5.88 Å². The van der Waals surface area contributed by atoms with Gasteiger partial charge in [-0.3, -0.25) is 19.4 Å². The first-order chi connectivity index (χ1) is 11.3. The highest BCUT2D eigenvalue weighted by atomic mass is 32.2. The van der Waals surface area contributed by atoms with Gasteiger partial charge in [0.2, 0.25) is 11.2 Å². The summed E-state index contributed by atoms with van der Waals surface area (Å²) in [5.74, 6) is 0.575. The first kappa shape index (κ1) is 18.7. The number of nitrogens with one attached hydrogen (secondary N) is 1. The fraction of sp³-hybridized carbons (Fsp3) is 0.733. The van der Waals surface area contributed by atoms with Crippen molar-refractivity contribution in [1.29, 1.82) is 0 Å². The predicted molar refractivity (Wildman–Crippen MR) is 92.3 cm³/mol. The fourth-order valence-corrected chi connectivity index (χ4v) is 2.99. The Bertz CT molecular complexity index is 576. The van der Waals surface area contributed by atoms with E-state index < -0.39 is 0 Å². The molecular formula is C15H26N5O3S+. The lowest BCUT2D eigenvalue weighted by Crippen LogP contribution is -2.64. The molecule has 1 aromatic rings. The molecule has 0 radical (unpaired) electrons. The Labute approximate surface area is 146 Å². The lowest BCUT2D eigenvalue weighted by Gasteiger charge is -2.26. The largest absolute Gasteiger partial charge is 0.305 e. The van der Waals surface area contributed by atoms with Gasteiger partial charge in [-0.1, -0.05) is 32.5 Å². The molecule has 0 spiro atoms. The molecule has 134 valence electrons. The van der Waals surface area contributed by atoms with Crippen LogP contribution < -0.4 is 15.1 Å². The Morgan fingerprint density at radius 2 is 2.00 bits per heavy atom. The molecule has 9 heteroatoms. The summed E-state index contributed by atoms with van der Waals surface area (Å²) in [5, 5.41) is 8.74. The topological polar surface area (TPSA) is 82.6 Å². The van der Waals surface area contributed by atoms with E-state index in [0.29, 0.717) is 11.6 Å². The average Bonchev–Trinajstić information content (AvgIpc) is 2.95. The Hall–Kier alpha value is -1.61. The number of anilines is 1. The van der Waals surface area contributed by atoms with Crippen molar-refractivity contribution < 1.29 is 18.9 Å². The van der Waals surface area contributed by atoms with E-state index in [-0.39, 0.29) is 22.9 Å². The Kier molecular flexibility index (Phi) is 6.22. The van der Waals surface area contributed by atoms with Gasteiger partial charge in [0.05, 0.1) is 17.9 Å². The van der Waals surface area contributed by atoms with E-state index in [1.54, 1.807) is 11.0 Å². The summed E-state index contributed by atoms with van der Waals surface area (Å²) in [7, 11) is 2.08. The van der Waals surface area contributed by atoms with E-state index in [9.17, 15) is 9.59 Å². The van der Waals surface area contributed by atoms with Gasteiger partial charge in [-0.2, -0.15) is 5.01 Å². The molecule has 2 rings (SSSR count). The summed E-state index contributed by atoms with van der Waals surface area (Å²) >= 11 is 1.19. The van der Waals surface area contributed by atoms with Crippen molar-refractivity contribution in [3.05, 3.63) is 6.20 Å². The molecule has 1 fully saturated rings. The summed E-state index contributed by atoms with van der Waals surface area (Å²) in [5.41, 5.74) is -0.389. The van der Waals surface area contributed by atoms with E-state index in [0.717, 1.165) is 26.2 Å². The van der Waals surface area contributed by atoms with Gasteiger partial charge in [0, 0.05) is 30.7 Å². The lowest BCUT2D eigenvalue weighted by molar-refractivity contribution is -0.759. The number of aromatic nitrogens is 2. The minimum atomic E-state index is -0.389. The first-order valence-corrected chi connectivity index (χ1v) is 9.04. The number of carbonyl (C=O) groups excluding carboxylic acids is 2. The number of hydrogen-bond donors (Lipinski definition) is 1. The fourth-order valence-electron chi connectivity index (χ4n) is 2.08. The highest BCUT2D eigenvalue weighted by molar-refractivity contribution is 8.13. The van der Waals surface area contributed by atoms with Crippen LogP contribution in [0.25, 0.3) is 0 Å². The smallest absolute Gasteiger partial charge is 0.302 e. The van der Waals surface area contributed by atoms with Crippen molar-refractivity contribution in [1.82, 2.24) is 10.2 Å². The molecule has 1 aromatic heterocycles. The second-order valence-corrected chi connectivity index (χ2v) is 8.00. The van der Waals surface area contributed by atoms with E-state index >= 15 is 0 Å². The molecule has 0 bridgehead atoms. The predicted octanol–water partition coefficient (Wildman–Crippen LogP) is 0.480. The molecule has 1 aliphatic rings. The standard InChI is InChI=1S/C15H25N5O3S/c1-15(2,3)14(22)24-10-5-12(21)16-13-11-20(17-23-13)19-8-6-18(4)7-9-19/h11H,5-10H2,1-4H3/p+1. The van der Waals surface area contributed by atoms with Crippen LogP contribution in [0.2, 0.25) is 0 Å². The normalized spacial score (nSPS) is 16.2. The number of piperazine rings is 1. The molecule has 2 heterocycles. The number of nitrogens with zero attached hydrogens (tertiary/aromatic N) is 4. The third kappa shape index (κ3) is 5.48. The summed E-state index contributed by atoms with van der Waals surface area (Å²) in [6.07, 6.45) is 1.92. The van der Waals surface area contributed by atoms with Crippen LogP contribution in [-0.2, 0) is 9.59 Å². The number of thioether (sulfide) groups is 1. The Balaban J connectivity index is 1.75. The summed E-state index contributed by atoms with van der Waals surface area (Å²) in [4.78, 5) is 27.6. The van der Waals surface area contributed by atoms with Gasteiger partial charge >= 0.3 is 5.88 Å². The van der Waals surface area contributed by atoms with Crippen LogP contribution >= 0.6 is 11.8 Å². The highest BCUT2D eigenvalue weighted by Gasteiger charge is 2.25. The second-order valence-electron chi connectivity index (χ2n) is 6.93.